The molecule has 1 unspecified atom stereocenters. The van der Waals surface area contributed by atoms with Gasteiger partial charge in [0.1, 0.15) is 6.20 Å². The number of allylic oxidation sites excluding steroid dienone is 2. The van der Waals surface area contributed by atoms with Crippen LogP contribution in [0.2, 0.25) is 0 Å². The molecule has 0 saturated carbocycles. The number of nitrogens with one attached hydrogen (secondary N) is 1. The molecule has 1 atom stereocenters. The van der Waals surface area contributed by atoms with E-state index < -0.39 is 0 Å². The molecule has 0 bridgehead atoms. The first kappa shape index (κ1) is 19.4. The molecule has 0 aromatic heterocycles. The zero-order valence-corrected chi connectivity index (χ0v) is 13.6. The summed E-state index contributed by atoms with van der Waals surface area (Å²) in [4.78, 5) is 1.57. The predicted molar refractivity (Wildman–Crippen MR) is 85.2 cm³/mol. The highest BCUT2D eigenvalue weighted by molar-refractivity contribution is 5.17. The van der Waals surface area contributed by atoms with Crippen molar-refractivity contribution in [1.29, 1.82) is 0 Å². The lowest BCUT2D eigenvalue weighted by Crippen LogP contribution is -3.01. The SMILES string of the molecule is CCCCCCCCCC[NH+]1C=CC(CCCC)=C1.[F-]. The molecule has 2 heteroatoms. The van der Waals surface area contributed by atoms with Crippen molar-refractivity contribution in [3.8, 4) is 0 Å². The predicted octanol–water partition coefficient (Wildman–Crippen LogP) is 1.62. The van der Waals surface area contributed by atoms with Gasteiger partial charge in [-0.1, -0.05) is 58.8 Å². The molecule has 118 valence electrons. The molecule has 1 N–H and O–H groups in total. The molecular formula is C18H34FN. The third-order valence-corrected chi connectivity index (χ3v) is 4.02. The van der Waals surface area contributed by atoms with Crippen LogP contribution in [0.5, 0.6) is 0 Å². The molecule has 0 saturated heterocycles. The van der Waals surface area contributed by atoms with Gasteiger partial charge in [0.15, 0.2) is 0 Å². The molecule has 1 heterocycles. The van der Waals surface area contributed by atoms with Crippen molar-refractivity contribution in [3.63, 3.8) is 0 Å². The van der Waals surface area contributed by atoms with Gasteiger partial charge < -0.3 is 4.70 Å². The van der Waals surface area contributed by atoms with Crippen LogP contribution in [0.3, 0.4) is 0 Å². The lowest BCUT2D eigenvalue weighted by molar-refractivity contribution is -0.788. The van der Waals surface area contributed by atoms with Gasteiger partial charge in [-0.15, -0.1) is 0 Å². The van der Waals surface area contributed by atoms with Crippen molar-refractivity contribution < 1.29 is 9.60 Å². The molecule has 0 spiro atoms. The lowest BCUT2D eigenvalue weighted by Gasteiger charge is -2.06. The van der Waals surface area contributed by atoms with Crippen LogP contribution in [0.4, 0.5) is 0 Å². The second-order valence-electron chi connectivity index (χ2n) is 5.96. The van der Waals surface area contributed by atoms with Gasteiger partial charge in [0.25, 0.3) is 0 Å². The Morgan fingerprint density at radius 2 is 1.40 bits per heavy atom. The van der Waals surface area contributed by atoms with E-state index in [1.54, 1.807) is 10.5 Å². The van der Waals surface area contributed by atoms with E-state index in [9.17, 15) is 0 Å². The van der Waals surface area contributed by atoms with Crippen molar-refractivity contribution in [1.82, 2.24) is 0 Å². The summed E-state index contributed by atoms with van der Waals surface area (Å²) in [5, 5.41) is 0. The van der Waals surface area contributed by atoms with E-state index in [1.165, 1.54) is 77.2 Å². The third-order valence-electron chi connectivity index (χ3n) is 4.02. The third kappa shape index (κ3) is 9.30. The molecule has 1 nitrogen and oxygen atoms in total. The van der Waals surface area contributed by atoms with Crippen LogP contribution >= 0.6 is 0 Å². The Bertz CT molecular complexity index is 271. The normalized spacial score (nSPS) is 17.1. The lowest BCUT2D eigenvalue weighted by atomic mass is 10.1. The monoisotopic (exact) mass is 283 g/mol. The fourth-order valence-corrected chi connectivity index (χ4v) is 2.70. The zero-order valence-electron chi connectivity index (χ0n) is 13.6. The van der Waals surface area contributed by atoms with Crippen LogP contribution in [0.15, 0.2) is 24.0 Å². The van der Waals surface area contributed by atoms with E-state index in [-0.39, 0.29) is 4.70 Å². The number of unbranched alkanes of at least 4 members (excludes halogenated alkanes) is 8. The Kier molecular flexibility index (Phi) is 12.9. The Morgan fingerprint density at radius 3 is 2.05 bits per heavy atom. The van der Waals surface area contributed by atoms with Gasteiger partial charge in [-0.25, -0.2) is 0 Å². The maximum absolute atomic E-state index is 2.43. The largest absolute Gasteiger partial charge is 1.00 e. The molecule has 20 heavy (non-hydrogen) atoms. The van der Waals surface area contributed by atoms with Gasteiger partial charge in [-0.2, -0.15) is 0 Å². The van der Waals surface area contributed by atoms with E-state index in [0.717, 1.165) is 0 Å². The number of hydrogen-bond acceptors (Lipinski definition) is 0. The molecule has 1 rings (SSSR count). The van der Waals surface area contributed by atoms with E-state index in [1.807, 2.05) is 0 Å². The van der Waals surface area contributed by atoms with Gasteiger partial charge in [-0.05, 0) is 25.7 Å². The molecule has 0 radical (unpaired) electrons. The van der Waals surface area contributed by atoms with E-state index in [2.05, 4.69) is 32.3 Å². The minimum Gasteiger partial charge on any atom is -1.00 e. The molecule has 1 aliphatic heterocycles. The molecule has 0 aromatic rings. The molecule has 1 aliphatic rings. The fourth-order valence-electron chi connectivity index (χ4n) is 2.70. The average Bonchev–Trinajstić information content (AvgIpc) is 2.87. The highest BCUT2D eigenvalue weighted by Crippen LogP contribution is 2.10. The quantitative estimate of drug-likeness (QED) is 0.519. The Hall–Kier alpha value is -0.630. The fraction of sp³-hybridized carbons (Fsp3) is 0.778. The first-order valence-corrected chi connectivity index (χ1v) is 8.61. The highest BCUT2D eigenvalue weighted by atomic mass is 19.0. The maximum atomic E-state index is 2.43. The maximum Gasteiger partial charge on any atom is 0.102 e. The first-order valence-electron chi connectivity index (χ1n) is 8.61. The number of rotatable bonds is 12. The van der Waals surface area contributed by atoms with E-state index >= 15 is 0 Å². The standard InChI is InChI=1S/C18H33N.FH/c1-3-5-7-8-9-10-11-12-15-19-16-14-18(17-19)13-6-4-2;/h14,16-17H,3-13,15H2,1-2H3;1H. The Labute approximate surface area is 125 Å². The van der Waals surface area contributed by atoms with Crippen LogP contribution in [0.1, 0.15) is 84.5 Å². The molecule has 0 aromatic carbocycles. The number of halogens is 1. The van der Waals surface area contributed by atoms with Crippen molar-refractivity contribution >= 4 is 0 Å². The van der Waals surface area contributed by atoms with Gasteiger partial charge >= 0.3 is 0 Å². The summed E-state index contributed by atoms with van der Waals surface area (Å²) in [5.41, 5.74) is 1.55. The summed E-state index contributed by atoms with van der Waals surface area (Å²) < 4.78 is 0. The second kappa shape index (κ2) is 13.4. The Balaban J connectivity index is 0.00000361. The summed E-state index contributed by atoms with van der Waals surface area (Å²) in [7, 11) is 0. The van der Waals surface area contributed by atoms with E-state index in [4.69, 9.17) is 0 Å². The number of quaternary nitrogens is 1. The first-order chi connectivity index (χ1) is 9.36. The average molecular weight is 283 g/mol. The van der Waals surface area contributed by atoms with Gasteiger partial charge in [0.05, 0.1) is 12.7 Å². The van der Waals surface area contributed by atoms with Crippen LogP contribution in [0, 0.1) is 0 Å². The minimum atomic E-state index is 0. The van der Waals surface area contributed by atoms with Gasteiger partial charge in [0.2, 0.25) is 0 Å². The minimum absolute atomic E-state index is 0. The van der Waals surface area contributed by atoms with Crippen molar-refractivity contribution in [2.75, 3.05) is 6.54 Å². The van der Waals surface area contributed by atoms with Crippen molar-refractivity contribution in [3.05, 3.63) is 24.0 Å². The molecule has 0 aliphatic carbocycles. The zero-order chi connectivity index (χ0) is 13.8. The van der Waals surface area contributed by atoms with Crippen molar-refractivity contribution in [2.45, 2.75) is 84.5 Å². The van der Waals surface area contributed by atoms with Gasteiger partial charge in [-0.3, -0.25) is 4.90 Å². The highest BCUT2D eigenvalue weighted by Gasteiger charge is 2.09. The second-order valence-corrected chi connectivity index (χ2v) is 5.96. The molecule has 0 amide bonds. The van der Waals surface area contributed by atoms with Crippen LogP contribution in [0.25, 0.3) is 0 Å². The summed E-state index contributed by atoms with van der Waals surface area (Å²) in [6.07, 6.45) is 22.4. The van der Waals surface area contributed by atoms with Gasteiger partial charge in [0, 0.05) is 11.6 Å². The van der Waals surface area contributed by atoms with Crippen molar-refractivity contribution in [2.24, 2.45) is 0 Å². The molecular weight excluding hydrogens is 249 g/mol. The molecule has 0 fully saturated rings. The summed E-state index contributed by atoms with van der Waals surface area (Å²) >= 11 is 0. The summed E-state index contributed by atoms with van der Waals surface area (Å²) in [5.74, 6) is 0. The Morgan fingerprint density at radius 1 is 0.800 bits per heavy atom. The number of hydrogen-bond donors (Lipinski definition) is 1. The van der Waals surface area contributed by atoms with Crippen LogP contribution in [-0.2, 0) is 0 Å². The van der Waals surface area contributed by atoms with Crippen LogP contribution in [-0.4, -0.2) is 6.54 Å². The van der Waals surface area contributed by atoms with E-state index in [0.29, 0.717) is 0 Å². The van der Waals surface area contributed by atoms with Crippen LogP contribution < -0.4 is 9.60 Å². The summed E-state index contributed by atoms with van der Waals surface area (Å²) in [6.45, 7) is 5.85. The summed E-state index contributed by atoms with van der Waals surface area (Å²) in [6, 6.07) is 0. The smallest absolute Gasteiger partial charge is 0.102 e. The topological polar surface area (TPSA) is 4.44 Å².